The second-order valence-corrected chi connectivity index (χ2v) is 7.15. The average molecular weight is 312 g/mol. The number of hydrogen-bond acceptors (Lipinski definition) is 4. The van der Waals surface area contributed by atoms with Gasteiger partial charge in [0.1, 0.15) is 5.75 Å². The monoisotopic (exact) mass is 312 g/mol. The number of methoxy groups -OCH3 is 1. The molecule has 0 bridgehead atoms. The van der Waals surface area contributed by atoms with E-state index in [9.17, 15) is 13.2 Å². The summed E-state index contributed by atoms with van der Waals surface area (Å²) in [6.07, 6.45) is 1.12. The van der Waals surface area contributed by atoms with Gasteiger partial charge in [0.15, 0.2) is 0 Å². The maximum Gasteiger partial charge on any atom is 0.257 e. The van der Waals surface area contributed by atoms with Crippen LogP contribution in [0.4, 0.5) is 0 Å². The van der Waals surface area contributed by atoms with E-state index >= 15 is 0 Å². The minimum Gasteiger partial charge on any atom is -0.496 e. The number of likely N-dealkylation sites (tertiary alicyclic amines) is 1. The number of aryl methyl sites for hydroxylation is 1. The molecule has 0 aromatic heterocycles. The van der Waals surface area contributed by atoms with E-state index in [4.69, 9.17) is 9.88 Å². The maximum absolute atomic E-state index is 12.6. The summed E-state index contributed by atoms with van der Waals surface area (Å²) in [6.45, 7) is 2.55. The third-order valence-corrected chi connectivity index (χ3v) is 5.03. The molecule has 0 radical (unpaired) electrons. The molecule has 116 valence electrons. The molecular formula is C14H20N2O4S. The fourth-order valence-electron chi connectivity index (χ4n) is 2.55. The number of primary sulfonamides is 1. The van der Waals surface area contributed by atoms with Crippen molar-refractivity contribution in [1.82, 2.24) is 4.90 Å². The van der Waals surface area contributed by atoms with Crippen LogP contribution < -0.4 is 9.88 Å². The Labute approximate surface area is 124 Å². The van der Waals surface area contributed by atoms with Gasteiger partial charge in [0.2, 0.25) is 10.0 Å². The van der Waals surface area contributed by atoms with Gasteiger partial charge in [-0.3, -0.25) is 4.79 Å². The van der Waals surface area contributed by atoms with Crippen LogP contribution in [0.15, 0.2) is 18.2 Å². The van der Waals surface area contributed by atoms with Gasteiger partial charge < -0.3 is 9.64 Å². The first kappa shape index (κ1) is 15.8. The van der Waals surface area contributed by atoms with Crippen LogP contribution in [0.25, 0.3) is 0 Å². The van der Waals surface area contributed by atoms with Crippen molar-refractivity contribution in [2.24, 2.45) is 5.14 Å². The largest absolute Gasteiger partial charge is 0.496 e. The number of amides is 1. The quantitative estimate of drug-likeness (QED) is 0.898. The SMILES string of the molecule is COc1ccc(C)cc1C(=O)N1CCCC(S(N)(=O)=O)C1. The highest BCUT2D eigenvalue weighted by atomic mass is 32.2. The van der Waals surface area contributed by atoms with Gasteiger partial charge in [-0.15, -0.1) is 0 Å². The Kier molecular flexibility index (Phi) is 4.53. The van der Waals surface area contributed by atoms with Gasteiger partial charge in [-0.05, 0) is 31.9 Å². The molecule has 2 N–H and O–H groups in total. The number of rotatable bonds is 3. The van der Waals surface area contributed by atoms with Crippen LogP contribution in [0, 0.1) is 6.92 Å². The van der Waals surface area contributed by atoms with E-state index in [2.05, 4.69) is 0 Å². The maximum atomic E-state index is 12.6. The molecule has 1 heterocycles. The fraction of sp³-hybridized carbons (Fsp3) is 0.500. The summed E-state index contributed by atoms with van der Waals surface area (Å²) in [5, 5.41) is 4.51. The second kappa shape index (κ2) is 6.03. The molecule has 1 fully saturated rings. The lowest BCUT2D eigenvalue weighted by Gasteiger charge is -2.32. The number of carbonyl (C=O) groups is 1. The predicted octanol–water partition coefficient (Wildman–Crippen LogP) is 0.897. The minimum absolute atomic E-state index is 0.134. The molecular weight excluding hydrogens is 292 g/mol. The molecule has 7 heteroatoms. The highest BCUT2D eigenvalue weighted by Gasteiger charge is 2.31. The summed E-state index contributed by atoms with van der Waals surface area (Å²) in [5.74, 6) is 0.271. The number of piperidine rings is 1. The summed E-state index contributed by atoms with van der Waals surface area (Å²) in [7, 11) is -2.12. The Balaban J connectivity index is 2.26. The van der Waals surface area contributed by atoms with Gasteiger partial charge in [-0.2, -0.15) is 0 Å². The molecule has 0 saturated carbocycles. The molecule has 1 aliphatic rings. The van der Waals surface area contributed by atoms with Gasteiger partial charge >= 0.3 is 0 Å². The van der Waals surface area contributed by atoms with Crippen molar-refractivity contribution in [3.63, 3.8) is 0 Å². The zero-order valence-corrected chi connectivity index (χ0v) is 13.0. The molecule has 1 amide bonds. The average Bonchev–Trinajstić information content (AvgIpc) is 2.45. The molecule has 0 aliphatic carbocycles. The number of nitrogens with zero attached hydrogens (tertiary/aromatic N) is 1. The van der Waals surface area contributed by atoms with Crippen molar-refractivity contribution >= 4 is 15.9 Å². The summed E-state index contributed by atoms with van der Waals surface area (Å²) in [5.41, 5.74) is 1.40. The standard InChI is InChI=1S/C14H20N2O4S/c1-10-5-6-13(20-2)12(8-10)14(17)16-7-3-4-11(9-16)21(15,18)19/h5-6,8,11H,3-4,7,9H2,1-2H3,(H2,15,18,19). The first-order chi connectivity index (χ1) is 9.82. The molecule has 6 nitrogen and oxygen atoms in total. The molecule has 1 unspecified atom stereocenters. The van der Waals surface area contributed by atoms with E-state index in [1.807, 2.05) is 13.0 Å². The fourth-order valence-corrected chi connectivity index (χ4v) is 3.43. The van der Waals surface area contributed by atoms with Crippen LogP contribution >= 0.6 is 0 Å². The molecule has 21 heavy (non-hydrogen) atoms. The van der Waals surface area contributed by atoms with Crippen LogP contribution in [-0.2, 0) is 10.0 Å². The normalized spacial score (nSPS) is 19.4. The lowest BCUT2D eigenvalue weighted by Crippen LogP contribution is -2.47. The second-order valence-electron chi connectivity index (χ2n) is 5.31. The van der Waals surface area contributed by atoms with Crippen molar-refractivity contribution in [1.29, 1.82) is 0 Å². The first-order valence-electron chi connectivity index (χ1n) is 6.78. The molecule has 1 aliphatic heterocycles. The van der Waals surface area contributed by atoms with Crippen molar-refractivity contribution in [3.8, 4) is 5.75 Å². The highest BCUT2D eigenvalue weighted by molar-refractivity contribution is 7.89. The summed E-state index contributed by atoms with van der Waals surface area (Å²) < 4.78 is 28.2. The van der Waals surface area contributed by atoms with Crippen molar-refractivity contribution in [3.05, 3.63) is 29.3 Å². The van der Waals surface area contributed by atoms with Gasteiger partial charge in [-0.25, -0.2) is 13.6 Å². The molecule has 1 atom stereocenters. The van der Waals surface area contributed by atoms with Crippen LogP contribution in [0.5, 0.6) is 5.75 Å². The Hall–Kier alpha value is -1.60. The van der Waals surface area contributed by atoms with Gasteiger partial charge in [0.25, 0.3) is 5.91 Å². The number of sulfonamides is 1. The van der Waals surface area contributed by atoms with Crippen molar-refractivity contribution in [2.45, 2.75) is 25.0 Å². The number of nitrogens with two attached hydrogens (primary N) is 1. The van der Waals surface area contributed by atoms with Gasteiger partial charge in [0.05, 0.1) is 17.9 Å². The van der Waals surface area contributed by atoms with Crippen LogP contribution in [-0.4, -0.2) is 44.7 Å². The lowest BCUT2D eigenvalue weighted by atomic mass is 10.1. The molecule has 1 aromatic rings. The molecule has 0 spiro atoms. The zero-order chi connectivity index (χ0) is 15.6. The van der Waals surface area contributed by atoms with Crippen LogP contribution in [0.1, 0.15) is 28.8 Å². The van der Waals surface area contributed by atoms with Crippen molar-refractivity contribution in [2.75, 3.05) is 20.2 Å². The van der Waals surface area contributed by atoms with Crippen LogP contribution in [0.3, 0.4) is 0 Å². The summed E-state index contributed by atoms with van der Waals surface area (Å²) >= 11 is 0. The zero-order valence-electron chi connectivity index (χ0n) is 12.2. The van der Waals surface area contributed by atoms with Crippen LogP contribution in [0.2, 0.25) is 0 Å². The number of ether oxygens (including phenoxy) is 1. The lowest BCUT2D eigenvalue weighted by molar-refractivity contribution is 0.0723. The number of hydrogen-bond donors (Lipinski definition) is 1. The topological polar surface area (TPSA) is 89.7 Å². The Morgan fingerprint density at radius 1 is 1.43 bits per heavy atom. The number of benzene rings is 1. The molecule has 1 saturated heterocycles. The Bertz CT molecular complexity index is 642. The van der Waals surface area contributed by atoms with E-state index < -0.39 is 15.3 Å². The van der Waals surface area contributed by atoms with E-state index in [-0.39, 0.29) is 12.5 Å². The van der Waals surface area contributed by atoms with E-state index in [1.165, 1.54) is 12.0 Å². The smallest absolute Gasteiger partial charge is 0.257 e. The third-order valence-electron chi connectivity index (χ3n) is 3.72. The van der Waals surface area contributed by atoms with E-state index in [0.29, 0.717) is 30.7 Å². The molecule has 2 rings (SSSR count). The predicted molar refractivity (Wildman–Crippen MR) is 79.8 cm³/mol. The Morgan fingerprint density at radius 2 is 2.14 bits per heavy atom. The first-order valence-corrected chi connectivity index (χ1v) is 8.39. The van der Waals surface area contributed by atoms with E-state index in [1.54, 1.807) is 12.1 Å². The highest BCUT2D eigenvalue weighted by Crippen LogP contribution is 2.24. The van der Waals surface area contributed by atoms with Gasteiger partial charge in [0, 0.05) is 13.1 Å². The summed E-state index contributed by atoms with van der Waals surface area (Å²) in [6, 6.07) is 5.35. The molecule has 1 aromatic carbocycles. The minimum atomic E-state index is -3.62. The van der Waals surface area contributed by atoms with Gasteiger partial charge in [-0.1, -0.05) is 11.6 Å². The number of carbonyl (C=O) groups excluding carboxylic acids is 1. The Morgan fingerprint density at radius 3 is 2.76 bits per heavy atom. The summed E-state index contributed by atoms with van der Waals surface area (Å²) in [4.78, 5) is 14.2. The third kappa shape index (κ3) is 3.54. The van der Waals surface area contributed by atoms with Crippen molar-refractivity contribution < 1.29 is 17.9 Å². The van der Waals surface area contributed by atoms with E-state index in [0.717, 1.165) is 5.56 Å².